The summed E-state index contributed by atoms with van der Waals surface area (Å²) in [4.78, 5) is 35.0. The fourth-order valence-electron chi connectivity index (χ4n) is 4.78. The van der Waals surface area contributed by atoms with Crippen molar-refractivity contribution in [1.82, 2.24) is 14.9 Å². The summed E-state index contributed by atoms with van der Waals surface area (Å²) >= 11 is 0. The third-order valence-electron chi connectivity index (χ3n) is 6.55. The number of para-hydroxylation sites is 2. The Morgan fingerprint density at radius 3 is 2.53 bits per heavy atom. The lowest BCUT2D eigenvalue weighted by atomic mass is 10.0. The van der Waals surface area contributed by atoms with Crippen LogP contribution in [-0.2, 0) is 6.54 Å². The van der Waals surface area contributed by atoms with E-state index in [1.165, 1.54) is 18.2 Å². The standard InChI is InChI=1S/C28H20FN5O2/c29-19-9-12-23(33-36)22(14-19)26(27-31-24-3-1-2-4-25(24)32-27)34-15-18-6-5-17(13-21(18)28(34)35)16-7-10-20(30)11-8-16/h1-14,26H,15,30H2,(H,31,32). The number of fused-ring (bicyclic) bond motifs is 2. The van der Waals surface area contributed by atoms with Crippen molar-refractivity contribution in [3.63, 3.8) is 0 Å². The Hall–Kier alpha value is -4.85. The number of benzene rings is 4. The van der Waals surface area contributed by atoms with E-state index in [1.54, 1.807) is 4.90 Å². The second-order valence-corrected chi connectivity index (χ2v) is 8.76. The van der Waals surface area contributed by atoms with Gasteiger partial charge >= 0.3 is 0 Å². The number of aromatic nitrogens is 2. The number of aromatic amines is 1. The molecular weight excluding hydrogens is 457 g/mol. The highest BCUT2D eigenvalue weighted by molar-refractivity contribution is 6.00. The van der Waals surface area contributed by atoms with E-state index >= 15 is 0 Å². The molecule has 7 nitrogen and oxygen atoms in total. The maximum atomic E-state index is 14.4. The van der Waals surface area contributed by atoms with E-state index in [0.717, 1.165) is 22.2 Å². The first-order valence-electron chi connectivity index (χ1n) is 11.4. The van der Waals surface area contributed by atoms with Crippen molar-refractivity contribution in [2.75, 3.05) is 5.73 Å². The first kappa shape index (κ1) is 21.7. The van der Waals surface area contributed by atoms with Crippen molar-refractivity contribution >= 4 is 28.3 Å². The van der Waals surface area contributed by atoms with E-state index in [2.05, 4.69) is 15.1 Å². The zero-order valence-corrected chi connectivity index (χ0v) is 19.0. The third-order valence-corrected chi connectivity index (χ3v) is 6.55. The molecule has 5 aromatic rings. The Bertz CT molecular complexity index is 1610. The molecule has 2 heterocycles. The summed E-state index contributed by atoms with van der Waals surface area (Å²) in [7, 11) is 0. The van der Waals surface area contributed by atoms with Crippen molar-refractivity contribution in [3.8, 4) is 11.1 Å². The maximum Gasteiger partial charge on any atom is 0.255 e. The number of H-pyrrole nitrogens is 1. The van der Waals surface area contributed by atoms with Gasteiger partial charge in [-0.3, -0.25) is 4.79 Å². The number of nitroso groups, excluding NO2 is 1. The highest BCUT2D eigenvalue weighted by Gasteiger charge is 2.37. The Morgan fingerprint density at radius 1 is 0.972 bits per heavy atom. The molecule has 1 unspecified atom stereocenters. The molecule has 0 fully saturated rings. The fourth-order valence-corrected chi connectivity index (χ4v) is 4.78. The number of carbonyl (C=O) groups excluding carboxylic acids is 1. The van der Waals surface area contributed by atoms with Gasteiger partial charge in [0.05, 0.1) is 11.0 Å². The van der Waals surface area contributed by atoms with Gasteiger partial charge in [-0.2, -0.15) is 0 Å². The fraction of sp³-hybridized carbons (Fsp3) is 0.0714. The lowest BCUT2D eigenvalue weighted by molar-refractivity contribution is 0.0725. The van der Waals surface area contributed by atoms with Gasteiger partial charge in [0, 0.05) is 23.4 Å². The van der Waals surface area contributed by atoms with Gasteiger partial charge in [0.25, 0.3) is 5.91 Å². The van der Waals surface area contributed by atoms with Crippen LogP contribution < -0.4 is 5.73 Å². The highest BCUT2D eigenvalue weighted by atomic mass is 19.1. The predicted octanol–water partition coefficient (Wildman–Crippen LogP) is 6.09. The van der Waals surface area contributed by atoms with Crippen LogP contribution in [0, 0.1) is 10.7 Å². The molecule has 1 aliphatic heterocycles. The quantitative estimate of drug-likeness (QED) is 0.236. The summed E-state index contributed by atoms with van der Waals surface area (Å²) in [6.07, 6.45) is 0. The molecule has 1 aliphatic rings. The van der Waals surface area contributed by atoms with Crippen LogP contribution in [0.25, 0.3) is 22.2 Å². The molecule has 1 atom stereocenters. The minimum absolute atomic E-state index is 0.0492. The van der Waals surface area contributed by atoms with Crippen LogP contribution in [0.4, 0.5) is 15.8 Å². The van der Waals surface area contributed by atoms with E-state index in [0.29, 0.717) is 22.6 Å². The van der Waals surface area contributed by atoms with Crippen LogP contribution in [0.1, 0.15) is 33.4 Å². The van der Waals surface area contributed by atoms with Gasteiger partial charge in [0.1, 0.15) is 23.4 Å². The average Bonchev–Trinajstić information content (AvgIpc) is 3.46. The number of carbonyl (C=O) groups is 1. The van der Waals surface area contributed by atoms with Crippen LogP contribution in [0.5, 0.6) is 0 Å². The van der Waals surface area contributed by atoms with Gasteiger partial charge in [-0.1, -0.05) is 36.4 Å². The molecule has 0 saturated heterocycles. The van der Waals surface area contributed by atoms with Crippen LogP contribution in [0.3, 0.4) is 0 Å². The first-order chi connectivity index (χ1) is 17.5. The molecule has 1 aromatic heterocycles. The summed E-state index contributed by atoms with van der Waals surface area (Å²) < 4.78 is 14.4. The summed E-state index contributed by atoms with van der Waals surface area (Å²) in [6.45, 7) is 0.271. The van der Waals surface area contributed by atoms with Crippen molar-refractivity contribution in [2.45, 2.75) is 12.6 Å². The van der Waals surface area contributed by atoms with Gasteiger partial charge in [0.2, 0.25) is 0 Å². The molecule has 0 spiro atoms. The van der Waals surface area contributed by atoms with Crippen LogP contribution in [0.15, 0.2) is 90.1 Å². The summed E-state index contributed by atoms with van der Waals surface area (Å²) in [6, 6.07) is 23.5. The molecule has 0 bridgehead atoms. The lowest BCUT2D eigenvalue weighted by Crippen LogP contribution is -2.31. The molecular formula is C28H20FN5O2. The minimum Gasteiger partial charge on any atom is -0.399 e. The predicted molar refractivity (Wildman–Crippen MR) is 136 cm³/mol. The summed E-state index contributed by atoms with van der Waals surface area (Å²) in [5.74, 6) is -0.353. The number of nitrogens with two attached hydrogens (primary N) is 1. The smallest absolute Gasteiger partial charge is 0.255 e. The molecule has 4 aromatic carbocycles. The molecule has 8 heteroatoms. The van der Waals surface area contributed by atoms with Crippen molar-refractivity contribution in [1.29, 1.82) is 0 Å². The zero-order chi connectivity index (χ0) is 24.8. The van der Waals surface area contributed by atoms with Gasteiger partial charge < -0.3 is 15.6 Å². The van der Waals surface area contributed by atoms with E-state index in [4.69, 9.17) is 5.73 Å². The highest BCUT2D eigenvalue weighted by Crippen LogP contribution is 2.40. The van der Waals surface area contributed by atoms with E-state index in [9.17, 15) is 14.1 Å². The monoisotopic (exact) mass is 477 g/mol. The van der Waals surface area contributed by atoms with Crippen molar-refractivity contribution in [3.05, 3.63) is 118 Å². The van der Waals surface area contributed by atoms with E-state index in [1.807, 2.05) is 66.7 Å². The SMILES string of the molecule is Nc1ccc(-c2ccc3c(c2)C(=O)N(C(c2nc4ccccc4[nH]2)c2cc(F)ccc2N=O)C3)cc1. The molecule has 0 aliphatic carbocycles. The third kappa shape index (κ3) is 3.60. The molecule has 0 radical (unpaired) electrons. The normalized spacial score (nSPS) is 13.7. The van der Waals surface area contributed by atoms with Crippen LogP contribution >= 0.6 is 0 Å². The Labute approximate surface area is 205 Å². The lowest BCUT2D eigenvalue weighted by Gasteiger charge is -2.27. The van der Waals surface area contributed by atoms with Crippen LogP contribution in [0.2, 0.25) is 0 Å². The molecule has 36 heavy (non-hydrogen) atoms. The number of hydrogen-bond acceptors (Lipinski definition) is 5. The number of imidazole rings is 1. The number of nitrogens with one attached hydrogen (secondary N) is 1. The Morgan fingerprint density at radius 2 is 1.75 bits per heavy atom. The number of rotatable bonds is 5. The summed E-state index contributed by atoms with van der Waals surface area (Å²) in [5.41, 5.74) is 11.4. The Kier molecular flexibility index (Phi) is 5.07. The molecule has 6 rings (SSSR count). The zero-order valence-electron chi connectivity index (χ0n) is 19.0. The second kappa shape index (κ2) is 8.42. The molecule has 3 N–H and O–H groups in total. The number of halogens is 1. The van der Waals surface area contributed by atoms with Crippen molar-refractivity contribution in [2.24, 2.45) is 5.18 Å². The summed E-state index contributed by atoms with van der Waals surface area (Å²) in [5, 5.41) is 3.11. The van der Waals surface area contributed by atoms with E-state index in [-0.39, 0.29) is 23.7 Å². The van der Waals surface area contributed by atoms with Gasteiger partial charge in [-0.25, -0.2) is 9.37 Å². The molecule has 1 amide bonds. The largest absolute Gasteiger partial charge is 0.399 e. The maximum absolute atomic E-state index is 14.4. The number of amides is 1. The number of hydrogen-bond donors (Lipinski definition) is 2. The molecule has 0 saturated carbocycles. The Balaban J connectivity index is 1.47. The van der Waals surface area contributed by atoms with Gasteiger partial charge in [-0.05, 0) is 70.4 Å². The number of nitrogens with zero attached hydrogens (tertiary/aromatic N) is 3. The van der Waals surface area contributed by atoms with Gasteiger partial charge in [-0.15, -0.1) is 4.91 Å². The minimum atomic E-state index is -0.847. The van der Waals surface area contributed by atoms with Crippen LogP contribution in [-0.4, -0.2) is 20.8 Å². The van der Waals surface area contributed by atoms with Crippen molar-refractivity contribution < 1.29 is 9.18 Å². The number of anilines is 1. The van der Waals surface area contributed by atoms with E-state index < -0.39 is 11.9 Å². The first-order valence-corrected chi connectivity index (χ1v) is 11.4. The second-order valence-electron chi connectivity index (χ2n) is 8.76. The molecule has 176 valence electrons. The average molecular weight is 477 g/mol. The topological polar surface area (TPSA) is 104 Å². The number of nitrogen functional groups attached to an aromatic ring is 1. The van der Waals surface area contributed by atoms with Gasteiger partial charge in [0.15, 0.2) is 0 Å².